The molecule has 8 nitrogen and oxygen atoms in total. The summed E-state index contributed by atoms with van der Waals surface area (Å²) in [4.78, 5) is 7.60. The van der Waals surface area contributed by atoms with Crippen molar-refractivity contribution in [2.45, 2.75) is 24.7 Å². The summed E-state index contributed by atoms with van der Waals surface area (Å²) in [5.74, 6) is -1.04. The van der Waals surface area contributed by atoms with Gasteiger partial charge in [-0.15, -0.1) is 0 Å². The molecule has 0 saturated carbocycles. The summed E-state index contributed by atoms with van der Waals surface area (Å²) in [5, 5.41) is 24.5. The lowest BCUT2D eigenvalue weighted by Crippen LogP contribution is -2.36. The first-order chi connectivity index (χ1) is 12.7. The minimum absolute atomic E-state index is 0.0506. The van der Waals surface area contributed by atoms with Crippen LogP contribution in [0.1, 0.15) is 16.8 Å². The van der Waals surface area contributed by atoms with E-state index in [0.717, 1.165) is 6.07 Å². The van der Waals surface area contributed by atoms with Crippen LogP contribution in [0.3, 0.4) is 0 Å². The van der Waals surface area contributed by atoms with Crippen molar-refractivity contribution < 1.29 is 32.2 Å². The minimum atomic E-state index is -4.70. The van der Waals surface area contributed by atoms with Gasteiger partial charge in [0.05, 0.1) is 11.1 Å². The van der Waals surface area contributed by atoms with E-state index in [1.807, 2.05) is 0 Å². The lowest BCUT2D eigenvalue weighted by molar-refractivity contribution is -0.763. The summed E-state index contributed by atoms with van der Waals surface area (Å²) < 4.78 is 50.3. The van der Waals surface area contributed by atoms with Gasteiger partial charge in [0.1, 0.15) is 17.7 Å². The van der Waals surface area contributed by atoms with Gasteiger partial charge >= 0.3 is 12.1 Å². The number of nitriles is 1. The smallest absolute Gasteiger partial charge is 0.417 e. The number of nitrogens with zero attached hydrogens (tertiary/aromatic N) is 5. The normalized spacial score (nSPS) is 12.2. The van der Waals surface area contributed by atoms with E-state index in [0.29, 0.717) is 24.9 Å². The third-order valence-corrected chi connectivity index (χ3v) is 4.08. The number of thioether (sulfide) groups is 1. The maximum atomic E-state index is 13.1. The molecule has 0 spiro atoms. The lowest BCUT2D eigenvalue weighted by atomic mass is 10.1. The van der Waals surface area contributed by atoms with Crippen LogP contribution in [0.25, 0.3) is 0 Å². The zero-order valence-corrected chi connectivity index (χ0v) is 15.1. The van der Waals surface area contributed by atoms with Gasteiger partial charge in [-0.2, -0.15) is 18.4 Å². The van der Waals surface area contributed by atoms with Gasteiger partial charge in [0.15, 0.2) is 0 Å². The fourth-order valence-electron chi connectivity index (χ4n) is 1.97. The Morgan fingerprint density at radius 3 is 2.89 bits per heavy atom. The molecule has 0 radical (unpaired) electrons. The molecule has 0 atom stereocenters. The topological polar surface area (TPSA) is 111 Å². The standard InChI is InChI=1S/C15H14F3N5O3S/c1-9-5-11(15(16,17)18)10(6-19)14(20-9)27-8-12(24)21-13-7-23(22-26-13)3-4-25-2/h5,7H,3-4,8H2,1-2H3. The third-order valence-electron chi connectivity index (χ3n) is 3.12. The highest BCUT2D eigenvalue weighted by atomic mass is 32.2. The largest absolute Gasteiger partial charge is 0.861 e. The first-order valence-corrected chi connectivity index (χ1v) is 8.45. The third kappa shape index (κ3) is 5.66. The van der Waals surface area contributed by atoms with Crippen molar-refractivity contribution >= 4 is 23.5 Å². The molecule has 0 aromatic carbocycles. The predicted octanol–water partition coefficient (Wildman–Crippen LogP) is 1.38. The van der Waals surface area contributed by atoms with Gasteiger partial charge < -0.3 is 9.84 Å². The van der Waals surface area contributed by atoms with Crippen molar-refractivity contribution in [3.63, 3.8) is 0 Å². The van der Waals surface area contributed by atoms with Gasteiger partial charge in [0.2, 0.25) is 11.8 Å². The van der Waals surface area contributed by atoms with Crippen LogP contribution in [0, 0.1) is 18.3 Å². The molecular formula is C15H14F3N5O3S. The fraction of sp³-hybridized carbons (Fsp3) is 0.400. The van der Waals surface area contributed by atoms with Crippen molar-refractivity contribution in [2.24, 2.45) is 4.99 Å². The molecule has 144 valence electrons. The Morgan fingerprint density at radius 1 is 1.52 bits per heavy atom. The number of hydrogen-bond donors (Lipinski definition) is 0. The Kier molecular flexibility index (Phi) is 6.75. The van der Waals surface area contributed by atoms with Crippen LogP contribution in [0.2, 0.25) is 0 Å². The molecule has 0 unspecified atom stereocenters. The van der Waals surface area contributed by atoms with Gasteiger partial charge in [0.25, 0.3) is 6.20 Å². The molecule has 0 saturated heterocycles. The first kappa shape index (κ1) is 20.7. The monoisotopic (exact) mass is 401 g/mol. The SMILES string of the molecule is COCC[n+]1cc(/N=C(/[O-])CSc2nc(C)cc(C(F)(F)F)c2C#N)on1. The second-order valence-corrected chi connectivity index (χ2v) is 6.16. The Morgan fingerprint density at radius 2 is 2.26 bits per heavy atom. The van der Waals surface area contributed by atoms with E-state index in [-0.39, 0.29) is 22.4 Å². The number of alkyl halides is 3. The zero-order chi connectivity index (χ0) is 20.0. The molecule has 2 aromatic rings. The minimum Gasteiger partial charge on any atom is -0.861 e. The van der Waals surface area contributed by atoms with Crippen molar-refractivity contribution in [3.05, 3.63) is 29.1 Å². The van der Waals surface area contributed by atoms with Crippen LogP contribution >= 0.6 is 11.8 Å². The van der Waals surface area contributed by atoms with Crippen LogP contribution in [0.5, 0.6) is 0 Å². The van der Waals surface area contributed by atoms with Gasteiger partial charge in [0, 0.05) is 18.6 Å². The van der Waals surface area contributed by atoms with E-state index in [1.54, 1.807) is 0 Å². The Labute approximate surface area is 156 Å². The number of methoxy groups -OCH3 is 1. The molecule has 0 N–H and O–H groups in total. The summed E-state index contributed by atoms with van der Waals surface area (Å²) in [6.07, 6.45) is -3.31. The van der Waals surface area contributed by atoms with Crippen molar-refractivity contribution in [1.82, 2.24) is 10.3 Å². The molecule has 0 fully saturated rings. The zero-order valence-electron chi connectivity index (χ0n) is 14.3. The number of aryl methyl sites for hydroxylation is 1. The molecule has 0 amide bonds. The second-order valence-electron chi connectivity index (χ2n) is 5.19. The highest BCUT2D eigenvalue weighted by Crippen LogP contribution is 2.35. The number of hydrogen-bond acceptors (Lipinski definition) is 8. The summed E-state index contributed by atoms with van der Waals surface area (Å²) in [6, 6.07) is 2.30. The van der Waals surface area contributed by atoms with Crippen molar-refractivity contribution in [2.75, 3.05) is 19.5 Å². The molecule has 0 aliphatic carbocycles. The summed E-state index contributed by atoms with van der Waals surface area (Å²) in [5.41, 5.74) is -1.62. The molecule has 0 bridgehead atoms. The predicted molar refractivity (Wildman–Crippen MR) is 85.1 cm³/mol. The average Bonchev–Trinajstić information content (AvgIpc) is 3.04. The highest BCUT2D eigenvalue weighted by molar-refractivity contribution is 7.99. The number of rotatable bonds is 7. The van der Waals surface area contributed by atoms with Crippen LogP contribution in [0.4, 0.5) is 19.1 Å². The van der Waals surface area contributed by atoms with Gasteiger partial charge in [-0.3, -0.25) is 4.52 Å². The Hall–Kier alpha value is -2.65. The van der Waals surface area contributed by atoms with Crippen molar-refractivity contribution in [3.8, 4) is 6.07 Å². The van der Waals surface area contributed by atoms with E-state index in [2.05, 4.69) is 15.2 Å². The number of pyridine rings is 1. The average molecular weight is 401 g/mol. The van der Waals surface area contributed by atoms with E-state index in [1.165, 1.54) is 31.0 Å². The van der Waals surface area contributed by atoms with Crippen molar-refractivity contribution in [1.29, 1.82) is 5.26 Å². The Balaban J connectivity index is 2.15. The lowest BCUT2D eigenvalue weighted by Gasteiger charge is -2.14. The van der Waals surface area contributed by atoms with Crippen LogP contribution < -0.4 is 9.79 Å². The second kappa shape index (κ2) is 8.83. The van der Waals surface area contributed by atoms with E-state index in [4.69, 9.17) is 14.5 Å². The fourth-order valence-corrected chi connectivity index (χ4v) is 2.81. The van der Waals surface area contributed by atoms with E-state index >= 15 is 0 Å². The first-order valence-electron chi connectivity index (χ1n) is 7.46. The van der Waals surface area contributed by atoms with Crippen LogP contribution in [0.15, 0.2) is 26.8 Å². The Bertz CT molecular complexity index is 877. The highest BCUT2D eigenvalue weighted by Gasteiger charge is 2.35. The number of aliphatic imine (C=N–C) groups is 1. The maximum Gasteiger partial charge on any atom is 0.417 e. The number of aromatic nitrogens is 3. The van der Waals surface area contributed by atoms with Gasteiger partial charge in [-0.25, -0.2) is 9.98 Å². The quantitative estimate of drug-likeness (QED) is 0.298. The molecule has 2 rings (SSSR count). The molecule has 2 aromatic heterocycles. The molecule has 0 aliphatic rings. The summed E-state index contributed by atoms with van der Waals surface area (Å²) in [6.45, 7) is 2.16. The molecular weight excluding hydrogens is 387 g/mol. The number of halogens is 3. The van der Waals surface area contributed by atoms with Crippen LogP contribution in [-0.2, 0) is 17.5 Å². The van der Waals surface area contributed by atoms with Gasteiger partial charge in [-0.1, -0.05) is 11.8 Å². The van der Waals surface area contributed by atoms with E-state index in [9.17, 15) is 18.3 Å². The van der Waals surface area contributed by atoms with Crippen LogP contribution in [-0.4, -0.2) is 35.6 Å². The molecule has 12 heteroatoms. The maximum absolute atomic E-state index is 13.1. The summed E-state index contributed by atoms with van der Waals surface area (Å²) in [7, 11) is 1.52. The van der Waals surface area contributed by atoms with Gasteiger partial charge in [-0.05, 0) is 23.6 Å². The molecule has 27 heavy (non-hydrogen) atoms. The molecule has 0 aliphatic heterocycles. The molecule has 2 heterocycles. The van der Waals surface area contributed by atoms with E-state index < -0.39 is 23.2 Å². The summed E-state index contributed by atoms with van der Waals surface area (Å²) >= 11 is 0.698. The number of ether oxygens (including phenoxy) is 1.